The van der Waals surface area contributed by atoms with Gasteiger partial charge in [-0.05, 0) is 24.1 Å². The van der Waals surface area contributed by atoms with Gasteiger partial charge in [-0.1, -0.05) is 42.4 Å². The molecular formula is C19H21N3O3. The topological polar surface area (TPSA) is 81.2 Å². The van der Waals surface area contributed by atoms with Gasteiger partial charge in [-0.2, -0.15) is 4.98 Å². The van der Waals surface area contributed by atoms with E-state index >= 15 is 0 Å². The van der Waals surface area contributed by atoms with Gasteiger partial charge in [-0.3, -0.25) is 4.79 Å². The fourth-order valence-corrected chi connectivity index (χ4v) is 2.63. The van der Waals surface area contributed by atoms with Crippen molar-refractivity contribution >= 4 is 5.91 Å². The molecule has 0 fully saturated rings. The number of hydrogen-bond donors (Lipinski definition) is 1. The maximum absolute atomic E-state index is 12.1. The zero-order valence-corrected chi connectivity index (χ0v) is 14.1. The molecule has 6 heteroatoms. The van der Waals surface area contributed by atoms with Gasteiger partial charge < -0.3 is 14.3 Å². The van der Waals surface area contributed by atoms with Crippen molar-refractivity contribution in [1.29, 1.82) is 0 Å². The Bertz CT molecular complexity index is 781. The van der Waals surface area contributed by atoms with E-state index in [2.05, 4.69) is 34.5 Å². The summed E-state index contributed by atoms with van der Waals surface area (Å²) in [7, 11) is 0. The Kier molecular flexibility index (Phi) is 5.61. The number of benzene rings is 1. The van der Waals surface area contributed by atoms with Gasteiger partial charge in [0.15, 0.2) is 5.76 Å². The van der Waals surface area contributed by atoms with Crippen LogP contribution in [0.25, 0.3) is 11.6 Å². The minimum Gasteiger partial charge on any atom is -0.461 e. The highest BCUT2D eigenvalue weighted by Crippen LogP contribution is 2.18. The molecule has 2 aromatic heterocycles. The number of carbonyl (C=O) groups is 1. The Labute approximate surface area is 146 Å². The van der Waals surface area contributed by atoms with Gasteiger partial charge in [0.05, 0.1) is 6.26 Å². The molecule has 0 aliphatic heterocycles. The molecule has 25 heavy (non-hydrogen) atoms. The summed E-state index contributed by atoms with van der Waals surface area (Å²) >= 11 is 0. The number of carbonyl (C=O) groups excluding carboxylic acids is 1. The SMILES string of the molecule is CCC(CNC(=O)CCc1nc(-c2ccco2)no1)c1ccccc1. The maximum Gasteiger partial charge on any atom is 0.238 e. The second-order valence-corrected chi connectivity index (χ2v) is 5.81. The number of aryl methyl sites for hydroxylation is 1. The molecule has 1 unspecified atom stereocenters. The number of aromatic nitrogens is 2. The van der Waals surface area contributed by atoms with Crippen LogP contribution in [0.2, 0.25) is 0 Å². The van der Waals surface area contributed by atoms with Crippen molar-refractivity contribution in [2.75, 3.05) is 6.54 Å². The average molecular weight is 339 g/mol. The summed E-state index contributed by atoms with van der Waals surface area (Å²) in [4.78, 5) is 16.3. The molecule has 1 aromatic carbocycles. The van der Waals surface area contributed by atoms with E-state index in [0.717, 1.165) is 6.42 Å². The largest absolute Gasteiger partial charge is 0.461 e. The summed E-state index contributed by atoms with van der Waals surface area (Å²) in [5.41, 5.74) is 1.24. The maximum atomic E-state index is 12.1. The van der Waals surface area contributed by atoms with Crippen LogP contribution in [0.5, 0.6) is 0 Å². The molecule has 2 heterocycles. The van der Waals surface area contributed by atoms with Crippen molar-refractivity contribution in [3.8, 4) is 11.6 Å². The van der Waals surface area contributed by atoms with Crippen LogP contribution in [0.3, 0.4) is 0 Å². The van der Waals surface area contributed by atoms with Crippen molar-refractivity contribution in [3.05, 3.63) is 60.2 Å². The van der Waals surface area contributed by atoms with Crippen LogP contribution >= 0.6 is 0 Å². The molecule has 0 spiro atoms. The van der Waals surface area contributed by atoms with Gasteiger partial charge in [0.2, 0.25) is 17.6 Å². The Morgan fingerprint density at radius 2 is 2.04 bits per heavy atom. The Balaban J connectivity index is 1.46. The van der Waals surface area contributed by atoms with Crippen LogP contribution in [0, 0.1) is 0 Å². The first-order chi connectivity index (χ1) is 12.3. The first-order valence-electron chi connectivity index (χ1n) is 8.44. The van der Waals surface area contributed by atoms with Gasteiger partial charge in [0, 0.05) is 25.3 Å². The van der Waals surface area contributed by atoms with Crippen LogP contribution in [-0.4, -0.2) is 22.6 Å². The third-order valence-electron chi connectivity index (χ3n) is 4.08. The Morgan fingerprint density at radius 3 is 2.76 bits per heavy atom. The smallest absolute Gasteiger partial charge is 0.238 e. The highest BCUT2D eigenvalue weighted by Gasteiger charge is 2.14. The van der Waals surface area contributed by atoms with E-state index in [0.29, 0.717) is 42.8 Å². The molecule has 3 aromatic rings. The quantitative estimate of drug-likeness (QED) is 0.678. The van der Waals surface area contributed by atoms with Crippen LogP contribution in [0.15, 0.2) is 57.7 Å². The van der Waals surface area contributed by atoms with E-state index in [1.54, 1.807) is 18.4 Å². The third kappa shape index (κ3) is 4.56. The molecule has 3 rings (SSSR count). The van der Waals surface area contributed by atoms with Crippen LogP contribution in [-0.2, 0) is 11.2 Å². The molecule has 1 amide bonds. The lowest BCUT2D eigenvalue weighted by Crippen LogP contribution is -2.28. The zero-order chi connectivity index (χ0) is 17.5. The minimum atomic E-state index is -0.0212. The van der Waals surface area contributed by atoms with Crippen LogP contribution in [0.1, 0.15) is 37.1 Å². The summed E-state index contributed by atoms with van der Waals surface area (Å²) in [6.45, 7) is 2.75. The van der Waals surface area contributed by atoms with E-state index in [1.165, 1.54) is 5.56 Å². The second kappa shape index (κ2) is 8.28. The number of nitrogens with one attached hydrogen (secondary N) is 1. The summed E-state index contributed by atoms with van der Waals surface area (Å²) in [5, 5.41) is 6.84. The van der Waals surface area contributed by atoms with Crippen LogP contribution in [0.4, 0.5) is 0 Å². The van der Waals surface area contributed by atoms with Crippen LogP contribution < -0.4 is 5.32 Å². The molecule has 1 atom stereocenters. The van der Waals surface area contributed by atoms with Crippen molar-refractivity contribution in [3.63, 3.8) is 0 Å². The van der Waals surface area contributed by atoms with Gasteiger partial charge in [0.1, 0.15) is 0 Å². The molecule has 1 N–H and O–H groups in total. The lowest BCUT2D eigenvalue weighted by molar-refractivity contribution is -0.121. The first kappa shape index (κ1) is 17.0. The fraction of sp³-hybridized carbons (Fsp3) is 0.316. The minimum absolute atomic E-state index is 0.0212. The summed E-state index contributed by atoms with van der Waals surface area (Å²) in [5.74, 6) is 1.67. The number of hydrogen-bond acceptors (Lipinski definition) is 5. The molecular weight excluding hydrogens is 318 g/mol. The van der Waals surface area contributed by atoms with E-state index in [1.807, 2.05) is 18.2 Å². The van der Waals surface area contributed by atoms with Gasteiger partial charge in [-0.25, -0.2) is 0 Å². The zero-order valence-electron chi connectivity index (χ0n) is 14.1. The molecule has 0 bridgehead atoms. The summed E-state index contributed by atoms with van der Waals surface area (Å²) in [6, 6.07) is 13.7. The lowest BCUT2D eigenvalue weighted by Gasteiger charge is -2.16. The van der Waals surface area contributed by atoms with Gasteiger partial charge in [-0.15, -0.1) is 0 Å². The normalized spacial score (nSPS) is 12.0. The molecule has 0 aliphatic carbocycles. The molecule has 130 valence electrons. The summed E-state index contributed by atoms with van der Waals surface area (Å²) < 4.78 is 10.4. The molecule has 0 saturated heterocycles. The predicted octanol–water partition coefficient (Wildman–Crippen LogP) is 3.57. The second-order valence-electron chi connectivity index (χ2n) is 5.81. The predicted molar refractivity (Wildman–Crippen MR) is 92.8 cm³/mol. The van der Waals surface area contributed by atoms with Crippen molar-refractivity contribution < 1.29 is 13.7 Å². The molecule has 0 saturated carbocycles. The molecule has 0 aliphatic rings. The fourth-order valence-electron chi connectivity index (χ4n) is 2.63. The lowest BCUT2D eigenvalue weighted by atomic mass is 9.96. The third-order valence-corrected chi connectivity index (χ3v) is 4.08. The Hall–Kier alpha value is -2.89. The highest BCUT2D eigenvalue weighted by atomic mass is 16.5. The molecule has 0 radical (unpaired) electrons. The number of amides is 1. The van der Waals surface area contributed by atoms with E-state index in [-0.39, 0.29) is 5.91 Å². The average Bonchev–Trinajstić information content (AvgIpc) is 3.33. The van der Waals surface area contributed by atoms with Crippen molar-refractivity contribution in [1.82, 2.24) is 15.5 Å². The van der Waals surface area contributed by atoms with Gasteiger partial charge >= 0.3 is 0 Å². The number of rotatable bonds is 8. The summed E-state index contributed by atoms with van der Waals surface area (Å²) in [6.07, 6.45) is 3.24. The number of furan rings is 1. The standard InChI is InChI=1S/C19H21N3O3/c1-2-14(15-7-4-3-5-8-15)13-20-17(23)10-11-18-21-19(22-25-18)16-9-6-12-24-16/h3-9,12,14H,2,10-11,13H2,1H3,(H,20,23). The van der Waals surface area contributed by atoms with Gasteiger partial charge in [0.25, 0.3) is 0 Å². The van der Waals surface area contributed by atoms with Crippen molar-refractivity contribution in [2.24, 2.45) is 0 Å². The highest BCUT2D eigenvalue weighted by molar-refractivity contribution is 5.76. The molecule has 6 nitrogen and oxygen atoms in total. The monoisotopic (exact) mass is 339 g/mol. The van der Waals surface area contributed by atoms with E-state index in [9.17, 15) is 4.79 Å². The Morgan fingerprint density at radius 1 is 1.20 bits per heavy atom. The van der Waals surface area contributed by atoms with Crippen molar-refractivity contribution in [2.45, 2.75) is 32.1 Å². The van der Waals surface area contributed by atoms with E-state index in [4.69, 9.17) is 8.94 Å². The van der Waals surface area contributed by atoms with E-state index < -0.39 is 0 Å². The first-order valence-corrected chi connectivity index (χ1v) is 8.44. The number of nitrogens with zero attached hydrogens (tertiary/aromatic N) is 2.